The Labute approximate surface area is 321 Å². The predicted molar refractivity (Wildman–Crippen MR) is 205 cm³/mol. The third-order valence-electron chi connectivity index (χ3n) is 9.47. The molecule has 0 aromatic carbocycles. The largest absolute Gasteiger partial charge is 0.457 e. The van der Waals surface area contributed by atoms with E-state index in [1.54, 1.807) is 90.2 Å². The molecule has 0 amide bonds. The minimum atomic E-state index is -1.32. The molecule has 4 heterocycles. The second-order valence-corrected chi connectivity index (χ2v) is 14.4. The minimum Gasteiger partial charge on any atom is -0.457 e. The molecule has 4 bridgehead atoms. The van der Waals surface area contributed by atoms with Gasteiger partial charge in [-0.25, -0.2) is 19.6 Å². The highest BCUT2D eigenvalue weighted by Crippen LogP contribution is 2.34. The van der Waals surface area contributed by atoms with Crippen LogP contribution in [0.1, 0.15) is 87.1 Å². The number of esters is 2. The molecule has 55 heavy (non-hydrogen) atoms. The van der Waals surface area contributed by atoms with Gasteiger partial charge in [0.2, 0.25) is 11.8 Å². The minimum absolute atomic E-state index is 0.0654. The lowest BCUT2D eigenvalue weighted by Crippen LogP contribution is -2.42. The summed E-state index contributed by atoms with van der Waals surface area (Å²) in [4.78, 5) is 34.8. The SMILES string of the molecule is C/C=C/[C@H](O)C(C)(C)[C@@H]1C/C=C\[C@@H](O)[C@@H](O)/C=C/C=C\c2nc(co2)C(=O)O[C@@H](C(C)(C)[C@@H](O)/C=C/C)C/C=C\[C@H]2O[C@H]2/C=C/C=C\c2nc(co2)C(=O)O1. The summed E-state index contributed by atoms with van der Waals surface area (Å²) >= 11 is 0. The molecule has 8 atom stereocenters. The first-order chi connectivity index (χ1) is 26.2. The number of aliphatic hydroxyl groups is 4. The zero-order valence-electron chi connectivity index (χ0n) is 32.0. The monoisotopic (exact) mass is 760 g/mol. The molecule has 4 rings (SSSR count). The van der Waals surface area contributed by atoms with Crippen molar-refractivity contribution in [1.29, 1.82) is 0 Å². The maximum absolute atomic E-state index is 13.2. The molecule has 2 aliphatic rings. The molecular weight excluding hydrogens is 708 g/mol. The third kappa shape index (κ3) is 12.0. The van der Waals surface area contributed by atoms with E-state index in [-0.39, 0.29) is 48.2 Å². The number of ether oxygens (including phenoxy) is 3. The lowest BCUT2D eigenvalue weighted by Gasteiger charge is -2.36. The first kappa shape index (κ1) is 42.8. The van der Waals surface area contributed by atoms with Crippen molar-refractivity contribution in [1.82, 2.24) is 9.97 Å². The zero-order chi connectivity index (χ0) is 40.2. The second-order valence-electron chi connectivity index (χ2n) is 14.4. The summed E-state index contributed by atoms with van der Waals surface area (Å²) in [5.74, 6) is -1.22. The maximum Gasteiger partial charge on any atom is 0.360 e. The highest BCUT2D eigenvalue weighted by molar-refractivity contribution is 5.87. The van der Waals surface area contributed by atoms with Crippen LogP contribution in [0.15, 0.2) is 106 Å². The van der Waals surface area contributed by atoms with Crippen LogP contribution in [0.5, 0.6) is 0 Å². The average Bonchev–Trinajstić information content (AvgIpc) is 3.46. The number of hydrogen-bond donors (Lipinski definition) is 4. The van der Waals surface area contributed by atoms with Crippen LogP contribution in [0.2, 0.25) is 0 Å². The molecule has 0 saturated carbocycles. The Balaban J connectivity index is 1.59. The van der Waals surface area contributed by atoms with Crippen molar-refractivity contribution in [3.8, 4) is 0 Å². The Morgan fingerprint density at radius 2 is 1.11 bits per heavy atom. The van der Waals surface area contributed by atoms with Gasteiger partial charge in [-0.3, -0.25) is 0 Å². The quantitative estimate of drug-likeness (QED) is 0.155. The van der Waals surface area contributed by atoms with E-state index in [4.69, 9.17) is 23.0 Å². The Morgan fingerprint density at radius 1 is 0.673 bits per heavy atom. The number of cyclic esters (lactones) is 2. The molecule has 2 aliphatic heterocycles. The van der Waals surface area contributed by atoms with Gasteiger partial charge >= 0.3 is 11.9 Å². The number of oxazole rings is 2. The van der Waals surface area contributed by atoms with Gasteiger partial charge in [0.25, 0.3) is 0 Å². The summed E-state index contributed by atoms with van der Waals surface area (Å²) in [5, 5.41) is 42.9. The average molecular weight is 761 g/mol. The van der Waals surface area contributed by atoms with E-state index in [0.29, 0.717) is 0 Å². The molecule has 0 unspecified atom stereocenters. The van der Waals surface area contributed by atoms with Gasteiger partial charge in [0.1, 0.15) is 49.2 Å². The first-order valence-corrected chi connectivity index (χ1v) is 18.2. The lowest BCUT2D eigenvalue weighted by atomic mass is 9.79. The fourth-order valence-electron chi connectivity index (χ4n) is 5.52. The number of carbonyl (C=O) groups is 2. The van der Waals surface area contributed by atoms with Crippen molar-refractivity contribution in [2.24, 2.45) is 10.8 Å². The maximum atomic E-state index is 13.2. The van der Waals surface area contributed by atoms with Gasteiger partial charge < -0.3 is 43.5 Å². The highest BCUT2D eigenvalue weighted by atomic mass is 16.6. The van der Waals surface area contributed by atoms with Crippen molar-refractivity contribution in [2.45, 2.75) is 103 Å². The third-order valence-corrected chi connectivity index (χ3v) is 9.47. The number of fused-ring (bicyclic) bond motifs is 5. The molecule has 0 aliphatic carbocycles. The number of allylic oxidation sites excluding steroid dienone is 6. The van der Waals surface area contributed by atoms with E-state index >= 15 is 0 Å². The molecule has 1 fully saturated rings. The Kier molecular flexibility index (Phi) is 15.3. The van der Waals surface area contributed by atoms with E-state index in [2.05, 4.69) is 9.97 Å². The summed E-state index contributed by atoms with van der Waals surface area (Å²) in [6, 6.07) is 0. The topological polar surface area (TPSA) is 198 Å². The Morgan fingerprint density at radius 3 is 1.60 bits per heavy atom. The van der Waals surface area contributed by atoms with Crippen LogP contribution in [-0.4, -0.2) is 91.2 Å². The van der Waals surface area contributed by atoms with Crippen LogP contribution < -0.4 is 0 Å². The van der Waals surface area contributed by atoms with E-state index < -0.39 is 59.4 Å². The molecule has 13 nitrogen and oxygen atoms in total. The van der Waals surface area contributed by atoms with Gasteiger partial charge in [-0.15, -0.1) is 0 Å². The summed E-state index contributed by atoms with van der Waals surface area (Å²) in [6.45, 7) is 10.7. The highest BCUT2D eigenvalue weighted by Gasteiger charge is 2.40. The predicted octanol–water partition coefficient (Wildman–Crippen LogP) is 5.87. The molecule has 0 radical (unpaired) electrons. The molecule has 296 valence electrons. The number of aliphatic hydroxyl groups excluding tert-OH is 4. The molecule has 2 aromatic rings. The van der Waals surface area contributed by atoms with E-state index in [1.807, 2.05) is 18.2 Å². The number of rotatable bonds is 6. The van der Waals surface area contributed by atoms with Crippen molar-refractivity contribution in [2.75, 3.05) is 0 Å². The van der Waals surface area contributed by atoms with Crippen LogP contribution in [0, 0.1) is 10.8 Å². The molecule has 1 saturated heterocycles. The van der Waals surface area contributed by atoms with Gasteiger partial charge in [0.15, 0.2) is 11.4 Å². The number of nitrogens with zero attached hydrogens (tertiary/aromatic N) is 2. The lowest BCUT2D eigenvalue weighted by molar-refractivity contribution is -0.0462. The van der Waals surface area contributed by atoms with Crippen LogP contribution >= 0.6 is 0 Å². The summed E-state index contributed by atoms with van der Waals surface area (Å²) in [6.07, 6.45) is 22.2. The van der Waals surface area contributed by atoms with Gasteiger partial charge in [-0.2, -0.15) is 0 Å². The Bertz CT molecular complexity index is 1820. The van der Waals surface area contributed by atoms with E-state index in [9.17, 15) is 30.0 Å². The number of carbonyl (C=O) groups excluding carboxylic acids is 2. The number of hydrogen-bond acceptors (Lipinski definition) is 13. The van der Waals surface area contributed by atoms with Crippen LogP contribution in [0.25, 0.3) is 12.2 Å². The second kappa shape index (κ2) is 19.6. The molecule has 13 heteroatoms. The van der Waals surface area contributed by atoms with Gasteiger partial charge in [-0.1, -0.05) is 113 Å². The summed E-state index contributed by atoms with van der Waals surface area (Å²) < 4.78 is 28.3. The Hall–Kier alpha value is -4.92. The zero-order valence-corrected chi connectivity index (χ0v) is 32.0. The van der Waals surface area contributed by atoms with Crippen molar-refractivity contribution < 1.29 is 53.1 Å². The van der Waals surface area contributed by atoms with Gasteiger partial charge in [0.05, 0.1) is 12.2 Å². The number of aromatic nitrogens is 2. The van der Waals surface area contributed by atoms with Gasteiger partial charge in [-0.05, 0) is 13.8 Å². The summed E-state index contributed by atoms with van der Waals surface area (Å²) in [7, 11) is 0. The molecule has 0 spiro atoms. The van der Waals surface area contributed by atoms with Crippen molar-refractivity contribution >= 4 is 24.1 Å². The first-order valence-electron chi connectivity index (χ1n) is 18.2. The molecule has 4 N–H and O–H groups in total. The smallest absolute Gasteiger partial charge is 0.360 e. The van der Waals surface area contributed by atoms with Crippen LogP contribution in [0.4, 0.5) is 0 Å². The van der Waals surface area contributed by atoms with Crippen molar-refractivity contribution in [3.63, 3.8) is 0 Å². The molecule has 2 aromatic heterocycles. The molecular formula is C42H52N2O11. The van der Waals surface area contributed by atoms with Crippen LogP contribution in [-0.2, 0) is 14.2 Å². The van der Waals surface area contributed by atoms with E-state index in [0.717, 1.165) is 0 Å². The van der Waals surface area contributed by atoms with Gasteiger partial charge in [0, 0.05) is 35.8 Å². The fraction of sp³-hybridized carbons (Fsp3) is 0.429. The van der Waals surface area contributed by atoms with Crippen LogP contribution in [0.3, 0.4) is 0 Å². The standard InChI is InChI=1S/C42H52N2O11/c1-7-15-33(47)41(3,4)35-21-13-18-30(46)29(45)17-9-11-23-37-43-28(25-51-37)40(50)55-36(42(5,6)34(48)16-8-2)22-14-20-32-31(53-32)19-10-12-24-38-44-27(26-52-38)39(49)54-35/h7-20,23-26,29-36,45-48H,21-22H2,1-6H3/b15-7+,16-8+,17-9+,18-13-,19-10+,20-14-,23-11-,24-12-/t29-,30+,31-,32+,33-,34-,35-,36+/m0/s1. The normalized spacial score (nSPS) is 29.6. The summed E-state index contributed by atoms with van der Waals surface area (Å²) in [5.41, 5.74) is -1.97. The fourth-order valence-corrected chi connectivity index (χ4v) is 5.52. The number of epoxide rings is 1. The van der Waals surface area contributed by atoms with Crippen molar-refractivity contribution in [3.05, 3.63) is 121 Å². The van der Waals surface area contributed by atoms with E-state index in [1.165, 1.54) is 42.9 Å².